The van der Waals surface area contributed by atoms with Crippen LogP contribution < -0.4 is 10.6 Å². The van der Waals surface area contributed by atoms with E-state index in [2.05, 4.69) is 10.6 Å². The van der Waals surface area contributed by atoms with Crippen LogP contribution >= 0.6 is 0 Å². The van der Waals surface area contributed by atoms with Gasteiger partial charge in [-0.15, -0.1) is 0 Å². The molecule has 2 amide bonds. The Balaban J connectivity index is 4.14. The van der Waals surface area contributed by atoms with Crippen LogP contribution in [0.2, 0.25) is 0 Å². The fourth-order valence-corrected chi connectivity index (χ4v) is 1.42. The molecule has 3 N–H and O–H groups in total. The van der Waals surface area contributed by atoms with Gasteiger partial charge in [0.1, 0.15) is 0 Å². The van der Waals surface area contributed by atoms with Crippen molar-refractivity contribution in [1.82, 2.24) is 10.6 Å². The fraction of sp³-hybridized carbons (Fsp3) is 0.846. The number of ether oxygens (including phenoxy) is 1. The van der Waals surface area contributed by atoms with Gasteiger partial charge in [0.15, 0.2) is 0 Å². The lowest BCUT2D eigenvalue weighted by atomic mass is 9.85. The molecule has 0 rings (SSSR count). The molecule has 19 heavy (non-hydrogen) atoms. The molecule has 0 spiro atoms. The highest BCUT2D eigenvalue weighted by atomic mass is 16.5. The van der Waals surface area contributed by atoms with E-state index >= 15 is 0 Å². The maximum Gasteiger partial charge on any atom is 0.315 e. The zero-order chi connectivity index (χ0) is 15.1. The Hall–Kier alpha value is -1.30. The molecule has 0 aliphatic rings. The quantitative estimate of drug-likeness (QED) is 0.615. The topological polar surface area (TPSA) is 87.7 Å². The highest BCUT2D eigenvalue weighted by Gasteiger charge is 2.28. The number of urea groups is 1. The Morgan fingerprint density at radius 2 is 1.84 bits per heavy atom. The van der Waals surface area contributed by atoms with Crippen molar-refractivity contribution in [2.45, 2.75) is 53.2 Å². The van der Waals surface area contributed by atoms with Crippen molar-refractivity contribution in [3.63, 3.8) is 0 Å². The van der Waals surface area contributed by atoms with Crippen molar-refractivity contribution in [2.75, 3.05) is 13.2 Å². The van der Waals surface area contributed by atoms with Crippen LogP contribution in [0.25, 0.3) is 0 Å². The largest absolute Gasteiger partial charge is 0.481 e. The predicted molar refractivity (Wildman–Crippen MR) is 73.1 cm³/mol. The molecule has 112 valence electrons. The van der Waals surface area contributed by atoms with E-state index in [-0.39, 0.29) is 24.0 Å². The van der Waals surface area contributed by atoms with E-state index in [4.69, 9.17) is 9.84 Å². The summed E-state index contributed by atoms with van der Waals surface area (Å²) in [4.78, 5) is 22.4. The zero-order valence-corrected chi connectivity index (χ0v) is 12.4. The highest BCUT2D eigenvalue weighted by Crippen LogP contribution is 2.21. The number of hydrogen-bond donors (Lipinski definition) is 3. The fourth-order valence-electron chi connectivity index (χ4n) is 1.42. The molecular weight excluding hydrogens is 248 g/mol. The summed E-state index contributed by atoms with van der Waals surface area (Å²) in [5.41, 5.74) is -0.315. The normalized spacial score (nSPS) is 13.2. The van der Waals surface area contributed by atoms with Crippen LogP contribution in [-0.4, -0.2) is 42.4 Å². The maximum absolute atomic E-state index is 11.7. The lowest BCUT2D eigenvalue weighted by Crippen LogP contribution is -2.49. The average molecular weight is 274 g/mol. The first-order chi connectivity index (χ1) is 8.62. The molecule has 0 aliphatic carbocycles. The lowest BCUT2D eigenvalue weighted by molar-refractivity contribution is -0.138. The second kappa shape index (κ2) is 7.99. The van der Waals surface area contributed by atoms with Crippen molar-refractivity contribution in [3.05, 3.63) is 0 Å². The van der Waals surface area contributed by atoms with Gasteiger partial charge in [0.05, 0.1) is 19.1 Å². The molecule has 0 aliphatic heterocycles. The smallest absolute Gasteiger partial charge is 0.315 e. The van der Waals surface area contributed by atoms with E-state index in [1.807, 2.05) is 34.6 Å². The molecule has 0 heterocycles. The molecule has 0 aromatic rings. The SMILES string of the molecule is CC(C)OCCNC(=O)NC(CC(=O)O)C(C)(C)C. The van der Waals surface area contributed by atoms with E-state index in [0.717, 1.165) is 0 Å². The molecule has 0 aromatic heterocycles. The average Bonchev–Trinajstić information content (AvgIpc) is 2.21. The van der Waals surface area contributed by atoms with Gasteiger partial charge in [-0.3, -0.25) is 4.79 Å². The third-order valence-electron chi connectivity index (χ3n) is 2.57. The van der Waals surface area contributed by atoms with Crippen molar-refractivity contribution in [3.8, 4) is 0 Å². The molecule has 0 saturated heterocycles. The summed E-state index contributed by atoms with van der Waals surface area (Å²) >= 11 is 0. The van der Waals surface area contributed by atoms with Crippen LogP contribution in [0, 0.1) is 5.41 Å². The van der Waals surface area contributed by atoms with Crippen LogP contribution in [0.15, 0.2) is 0 Å². The van der Waals surface area contributed by atoms with Crippen molar-refractivity contribution < 1.29 is 19.4 Å². The molecule has 6 heteroatoms. The van der Waals surface area contributed by atoms with E-state index in [1.165, 1.54) is 0 Å². The van der Waals surface area contributed by atoms with Gasteiger partial charge >= 0.3 is 12.0 Å². The van der Waals surface area contributed by atoms with E-state index in [1.54, 1.807) is 0 Å². The minimum atomic E-state index is -0.927. The van der Waals surface area contributed by atoms with Gasteiger partial charge in [0.25, 0.3) is 0 Å². The third kappa shape index (κ3) is 9.30. The molecule has 0 radical (unpaired) electrons. The van der Waals surface area contributed by atoms with E-state index in [9.17, 15) is 9.59 Å². The summed E-state index contributed by atoms with van der Waals surface area (Å²) in [5, 5.41) is 14.2. The standard InChI is InChI=1S/C13H26N2O4/c1-9(2)19-7-6-14-12(18)15-10(8-11(16)17)13(3,4)5/h9-10H,6-8H2,1-5H3,(H,16,17)(H2,14,15,18). The second-order valence-corrected chi connectivity index (χ2v) is 5.84. The molecule has 6 nitrogen and oxygen atoms in total. The van der Waals surface area contributed by atoms with E-state index in [0.29, 0.717) is 13.2 Å². The number of rotatable bonds is 7. The van der Waals surface area contributed by atoms with Crippen LogP contribution in [0.1, 0.15) is 41.0 Å². The maximum atomic E-state index is 11.7. The van der Waals surface area contributed by atoms with Crippen LogP contribution in [0.4, 0.5) is 4.79 Å². The number of aliphatic carboxylic acids is 1. The lowest BCUT2D eigenvalue weighted by Gasteiger charge is -2.30. The second-order valence-electron chi connectivity index (χ2n) is 5.84. The Bertz CT molecular complexity index is 298. The summed E-state index contributed by atoms with van der Waals surface area (Å²) in [7, 11) is 0. The predicted octanol–water partition coefficient (Wildman–Crippen LogP) is 1.60. The monoisotopic (exact) mass is 274 g/mol. The van der Waals surface area contributed by atoms with E-state index < -0.39 is 12.0 Å². The number of amides is 2. The molecular formula is C13H26N2O4. The number of carboxylic acid groups (broad SMARTS) is 1. The first-order valence-electron chi connectivity index (χ1n) is 6.50. The van der Waals surface area contributed by atoms with Gasteiger partial charge in [0, 0.05) is 12.6 Å². The molecule has 1 unspecified atom stereocenters. The molecule has 0 fully saturated rings. The van der Waals surface area contributed by atoms with Crippen molar-refractivity contribution in [1.29, 1.82) is 0 Å². The summed E-state index contributed by atoms with van der Waals surface area (Å²) in [5.74, 6) is -0.927. The zero-order valence-electron chi connectivity index (χ0n) is 12.4. The summed E-state index contributed by atoms with van der Waals surface area (Å²) in [6.07, 6.45) is 0.0265. The number of carboxylic acids is 1. The third-order valence-corrected chi connectivity index (χ3v) is 2.57. The number of carbonyl (C=O) groups excluding carboxylic acids is 1. The molecule has 0 saturated carbocycles. The minimum absolute atomic E-state index is 0.0978. The van der Waals surface area contributed by atoms with Crippen LogP contribution in [0.5, 0.6) is 0 Å². The molecule has 0 aromatic carbocycles. The summed E-state index contributed by atoms with van der Waals surface area (Å²) < 4.78 is 5.29. The van der Waals surface area contributed by atoms with Gasteiger partial charge in [-0.25, -0.2) is 4.79 Å². The Kier molecular flexibility index (Phi) is 7.44. The Morgan fingerprint density at radius 1 is 1.26 bits per heavy atom. The van der Waals surface area contributed by atoms with Gasteiger partial charge in [-0.1, -0.05) is 20.8 Å². The molecule has 0 bridgehead atoms. The minimum Gasteiger partial charge on any atom is -0.481 e. The van der Waals surface area contributed by atoms with Crippen LogP contribution in [0.3, 0.4) is 0 Å². The van der Waals surface area contributed by atoms with Crippen molar-refractivity contribution >= 4 is 12.0 Å². The van der Waals surface area contributed by atoms with Gasteiger partial charge < -0.3 is 20.5 Å². The van der Waals surface area contributed by atoms with Gasteiger partial charge in [-0.05, 0) is 19.3 Å². The number of carbonyl (C=O) groups is 2. The van der Waals surface area contributed by atoms with Crippen molar-refractivity contribution in [2.24, 2.45) is 5.41 Å². The summed E-state index contributed by atoms with van der Waals surface area (Å²) in [6.45, 7) is 10.3. The number of nitrogens with one attached hydrogen (secondary N) is 2. The Labute approximate surface area is 114 Å². The Morgan fingerprint density at radius 3 is 2.26 bits per heavy atom. The highest BCUT2D eigenvalue weighted by molar-refractivity contribution is 5.75. The summed E-state index contributed by atoms with van der Waals surface area (Å²) in [6, 6.07) is -0.787. The molecule has 1 atom stereocenters. The first kappa shape index (κ1) is 17.7. The van der Waals surface area contributed by atoms with Crippen LogP contribution in [-0.2, 0) is 9.53 Å². The van der Waals surface area contributed by atoms with Gasteiger partial charge in [0.2, 0.25) is 0 Å². The number of hydrogen-bond acceptors (Lipinski definition) is 3. The van der Waals surface area contributed by atoms with Gasteiger partial charge in [-0.2, -0.15) is 0 Å². The first-order valence-corrected chi connectivity index (χ1v) is 6.50.